The lowest BCUT2D eigenvalue weighted by molar-refractivity contribution is -0.134. The predicted molar refractivity (Wildman–Crippen MR) is 108 cm³/mol. The van der Waals surface area contributed by atoms with Crippen LogP contribution in [-0.4, -0.2) is 42.5 Å². The van der Waals surface area contributed by atoms with Gasteiger partial charge >= 0.3 is 0 Å². The van der Waals surface area contributed by atoms with Gasteiger partial charge in [-0.25, -0.2) is 13.9 Å². The highest BCUT2D eigenvalue weighted by molar-refractivity contribution is 7.93. The number of benzene rings is 1. The van der Waals surface area contributed by atoms with Crippen LogP contribution in [0.15, 0.2) is 47.5 Å². The molecule has 2 aromatic rings. The van der Waals surface area contributed by atoms with E-state index >= 15 is 0 Å². The molecule has 3 rings (SSSR count). The largest absolute Gasteiger partial charge is 0.381 e. The van der Waals surface area contributed by atoms with Gasteiger partial charge in [-0.2, -0.15) is 0 Å². The zero-order valence-electron chi connectivity index (χ0n) is 16.6. The fourth-order valence-electron chi connectivity index (χ4n) is 3.64. The third-order valence-corrected chi connectivity index (χ3v) is 7.77. The van der Waals surface area contributed by atoms with E-state index in [1.54, 1.807) is 12.1 Å². The Bertz CT molecular complexity index is 948. The number of carbonyl (C=O) groups excluding carboxylic acids is 1. The van der Waals surface area contributed by atoms with Gasteiger partial charge in [0.1, 0.15) is 0 Å². The molecule has 1 aliphatic heterocycles. The van der Waals surface area contributed by atoms with E-state index in [0.29, 0.717) is 5.92 Å². The molecule has 0 bridgehead atoms. The van der Waals surface area contributed by atoms with Crippen LogP contribution in [0.3, 0.4) is 0 Å². The lowest BCUT2D eigenvalue weighted by atomic mass is 9.98. The zero-order valence-corrected chi connectivity index (χ0v) is 17.4. The summed E-state index contributed by atoms with van der Waals surface area (Å²) in [6.07, 6.45) is 2.76. The van der Waals surface area contributed by atoms with Crippen LogP contribution >= 0.6 is 0 Å². The van der Waals surface area contributed by atoms with Crippen molar-refractivity contribution in [3.63, 3.8) is 0 Å². The molecule has 7 nitrogen and oxygen atoms in total. The van der Waals surface area contributed by atoms with E-state index in [1.165, 1.54) is 17.6 Å². The molecule has 1 aromatic heterocycles. The molecule has 0 radical (unpaired) electrons. The summed E-state index contributed by atoms with van der Waals surface area (Å²) >= 11 is 0. The molecule has 0 atom stereocenters. The number of amides is 1. The van der Waals surface area contributed by atoms with Crippen LogP contribution in [0.5, 0.6) is 0 Å². The average molecular weight is 419 g/mol. The van der Waals surface area contributed by atoms with Gasteiger partial charge in [0.15, 0.2) is 14.6 Å². The topological polar surface area (TPSA) is 106 Å². The van der Waals surface area contributed by atoms with Gasteiger partial charge in [-0.3, -0.25) is 15.0 Å². The van der Waals surface area contributed by atoms with Crippen molar-refractivity contribution >= 4 is 15.7 Å². The maximum atomic E-state index is 13.3. The first-order valence-electron chi connectivity index (χ1n) is 9.62. The molecule has 1 aliphatic rings. The van der Waals surface area contributed by atoms with Gasteiger partial charge < -0.3 is 4.74 Å². The fraction of sp³-hybridized carbons (Fsp3) is 0.429. The van der Waals surface area contributed by atoms with Crippen molar-refractivity contribution in [1.82, 2.24) is 10.5 Å². The summed E-state index contributed by atoms with van der Waals surface area (Å²) in [7, 11) is -4.03. The minimum absolute atomic E-state index is 0.0116. The van der Waals surface area contributed by atoms with Crippen molar-refractivity contribution in [1.29, 1.82) is 0 Å². The van der Waals surface area contributed by atoms with Gasteiger partial charge in [0, 0.05) is 25.0 Å². The number of hydrogen-bond acceptors (Lipinski definition) is 6. The zero-order chi connectivity index (χ0) is 21.1. The molecule has 2 N–H and O–H groups in total. The summed E-state index contributed by atoms with van der Waals surface area (Å²) in [6, 6.07) is 10.3. The number of sulfone groups is 1. The Balaban J connectivity index is 1.89. The first-order valence-corrected chi connectivity index (χ1v) is 11.1. The number of carbonyl (C=O) groups is 1. The number of nitrogens with zero attached hydrogens (tertiary/aromatic N) is 1. The standard InChI is InChI=1S/C21H26N2O5S/c1-15(2)13-16-3-8-19(22-14-16)17-4-6-18(7-5-17)29(26,27)21(20(24)23-25)9-11-28-12-10-21/h3-8,14-15,25H,9-13H2,1-2H3,(H,23,24). The number of ether oxygens (including phenoxy) is 1. The number of aromatic nitrogens is 1. The van der Waals surface area contributed by atoms with Crippen molar-refractivity contribution in [3.05, 3.63) is 48.2 Å². The van der Waals surface area contributed by atoms with E-state index in [4.69, 9.17) is 9.94 Å². The van der Waals surface area contributed by atoms with Crippen LogP contribution in [0.2, 0.25) is 0 Å². The molecule has 1 amide bonds. The number of rotatable bonds is 6. The van der Waals surface area contributed by atoms with Crippen molar-refractivity contribution in [2.75, 3.05) is 13.2 Å². The van der Waals surface area contributed by atoms with E-state index in [0.717, 1.165) is 23.2 Å². The normalized spacial score (nSPS) is 16.6. The average Bonchev–Trinajstić information content (AvgIpc) is 2.73. The van der Waals surface area contributed by atoms with Crippen LogP contribution in [-0.2, 0) is 25.8 Å². The third-order valence-electron chi connectivity index (χ3n) is 5.26. The van der Waals surface area contributed by atoms with Gasteiger partial charge in [0.2, 0.25) is 0 Å². The molecule has 1 saturated heterocycles. The molecule has 0 spiro atoms. The number of hydrogen-bond donors (Lipinski definition) is 2. The Morgan fingerprint density at radius 2 is 1.83 bits per heavy atom. The monoisotopic (exact) mass is 418 g/mol. The van der Waals surface area contributed by atoms with E-state index < -0.39 is 20.5 Å². The van der Waals surface area contributed by atoms with Crippen LogP contribution in [0, 0.1) is 5.92 Å². The quantitative estimate of drug-likeness (QED) is 0.552. The fourth-order valence-corrected chi connectivity index (χ4v) is 5.58. The van der Waals surface area contributed by atoms with Gasteiger partial charge in [0.05, 0.1) is 10.6 Å². The molecule has 1 fully saturated rings. The van der Waals surface area contributed by atoms with E-state index in [9.17, 15) is 13.2 Å². The van der Waals surface area contributed by atoms with Gasteiger partial charge in [-0.1, -0.05) is 32.0 Å². The highest BCUT2D eigenvalue weighted by atomic mass is 32.2. The van der Waals surface area contributed by atoms with Crippen LogP contribution in [0.1, 0.15) is 32.3 Å². The SMILES string of the molecule is CC(C)Cc1ccc(-c2ccc(S(=O)(=O)C3(C(=O)NO)CCOCC3)cc2)nc1. The third kappa shape index (κ3) is 4.19. The second-order valence-electron chi connectivity index (χ2n) is 7.73. The second kappa shape index (κ2) is 8.61. The second-order valence-corrected chi connectivity index (χ2v) is 9.98. The molecule has 2 heterocycles. The smallest absolute Gasteiger partial charge is 0.265 e. The molecule has 0 saturated carbocycles. The maximum Gasteiger partial charge on any atom is 0.265 e. The minimum atomic E-state index is -4.03. The molecule has 156 valence electrons. The first-order chi connectivity index (χ1) is 13.8. The van der Waals surface area contributed by atoms with E-state index in [2.05, 4.69) is 18.8 Å². The van der Waals surface area contributed by atoms with Crippen LogP contribution in [0.4, 0.5) is 0 Å². The summed E-state index contributed by atoms with van der Waals surface area (Å²) in [5.74, 6) is -0.381. The molecule has 29 heavy (non-hydrogen) atoms. The van der Waals surface area contributed by atoms with Crippen molar-refractivity contribution in [2.45, 2.75) is 42.8 Å². The lowest BCUT2D eigenvalue weighted by Crippen LogP contribution is -2.54. The van der Waals surface area contributed by atoms with Crippen molar-refractivity contribution in [3.8, 4) is 11.3 Å². The highest BCUT2D eigenvalue weighted by Gasteiger charge is 2.52. The number of pyridine rings is 1. The molecule has 0 aliphatic carbocycles. The Morgan fingerprint density at radius 1 is 1.17 bits per heavy atom. The van der Waals surface area contributed by atoms with E-state index in [-0.39, 0.29) is 31.0 Å². The highest BCUT2D eigenvalue weighted by Crippen LogP contribution is 2.35. The first kappa shape index (κ1) is 21.4. The van der Waals surface area contributed by atoms with Gasteiger partial charge in [-0.15, -0.1) is 0 Å². The molecular weight excluding hydrogens is 392 g/mol. The Hall–Kier alpha value is -2.29. The number of nitrogens with one attached hydrogen (secondary N) is 1. The van der Waals surface area contributed by atoms with E-state index in [1.807, 2.05) is 18.3 Å². The molecule has 0 unspecified atom stereocenters. The minimum Gasteiger partial charge on any atom is -0.381 e. The number of hydroxylamine groups is 1. The lowest BCUT2D eigenvalue weighted by Gasteiger charge is -2.34. The predicted octanol–water partition coefficient (Wildman–Crippen LogP) is 2.78. The summed E-state index contributed by atoms with van der Waals surface area (Å²) in [5.41, 5.74) is 4.21. The van der Waals surface area contributed by atoms with Crippen LogP contribution < -0.4 is 5.48 Å². The van der Waals surface area contributed by atoms with Gasteiger partial charge in [0.25, 0.3) is 5.91 Å². The summed E-state index contributed by atoms with van der Waals surface area (Å²) in [4.78, 5) is 16.8. The Morgan fingerprint density at radius 3 is 2.34 bits per heavy atom. The molecule has 8 heteroatoms. The Kier molecular flexibility index (Phi) is 6.36. The summed E-state index contributed by atoms with van der Waals surface area (Å²) in [5, 5.41) is 9.12. The maximum absolute atomic E-state index is 13.3. The Labute approximate surface area is 171 Å². The molecular formula is C21H26N2O5S. The summed E-state index contributed by atoms with van der Waals surface area (Å²) < 4.78 is 30.0. The summed E-state index contributed by atoms with van der Waals surface area (Å²) in [6.45, 7) is 4.57. The van der Waals surface area contributed by atoms with Crippen LogP contribution in [0.25, 0.3) is 11.3 Å². The van der Waals surface area contributed by atoms with Gasteiger partial charge in [-0.05, 0) is 48.9 Å². The molecule has 1 aromatic carbocycles. The van der Waals surface area contributed by atoms with Crippen molar-refractivity contribution < 1.29 is 23.2 Å². The van der Waals surface area contributed by atoms with Crippen molar-refractivity contribution in [2.24, 2.45) is 5.92 Å².